The van der Waals surface area contributed by atoms with E-state index in [0.717, 1.165) is 6.42 Å². The fourth-order valence-corrected chi connectivity index (χ4v) is 1.11. The van der Waals surface area contributed by atoms with E-state index in [-0.39, 0.29) is 21.7 Å². The van der Waals surface area contributed by atoms with Gasteiger partial charge in [-0.1, -0.05) is 13.3 Å². The van der Waals surface area contributed by atoms with Crippen molar-refractivity contribution in [3.63, 3.8) is 0 Å². The Morgan fingerprint density at radius 1 is 1.75 bits per heavy atom. The van der Waals surface area contributed by atoms with Gasteiger partial charge in [-0.15, -0.1) is 5.38 Å². The fraction of sp³-hybridized carbons (Fsp3) is 0.333. The summed E-state index contributed by atoms with van der Waals surface area (Å²) in [5.74, 6) is 0. The van der Waals surface area contributed by atoms with Crippen molar-refractivity contribution < 1.29 is 21.7 Å². The zero-order valence-corrected chi connectivity index (χ0v) is 7.15. The van der Waals surface area contributed by atoms with Crippen molar-refractivity contribution in [2.24, 2.45) is 0 Å². The largest absolute Gasteiger partial charge is 0.304 e. The van der Waals surface area contributed by atoms with Crippen LogP contribution in [0.5, 0.6) is 0 Å². The van der Waals surface area contributed by atoms with E-state index >= 15 is 0 Å². The monoisotopic (exact) mass is 159 g/mol. The summed E-state index contributed by atoms with van der Waals surface area (Å²) in [5, 5.41) is 5.18. The molecule has 0 fully saturated rings. The first-order chi connectivity index (χ1) is 3.43. The molecule has 0 spiro atoms. The first-order valence-electron chi connectivity index (χ1n) is 2.37. The van der Waals surface area contributed by atoms with Crippen LogP contribution >= 0.6 is 11.3 Å². The third kappa shape index (κ3) is 2.12. The van der Waals surface area contributed by atoms with E-state index in [9.17, 15) is 0 Å². The molecule has 1 aromatic heterocycles. The molecule has 0 amide bonds. The number of aryl methyl sites for hydroxylation is 1. The molecule has 8 heavy (non-hydrogen) atoms. The maximum absolute atomic E-state index is 3.13. The van der Waals surface area contributed by atoms with E-state index in [1.807, 2.05) is 0 Å². The Balaban J connectivity index is 0.000000490. The summed E-state index contributed by atoms with van der Waals surface area (Å²) in [6, 6.07) is 2.10. The predicted molar refractivity (Wildman–Crippen MR) is 32.5 cm³/mol. The molecular weight excluding hydrogens is 152 g/mol. The van der Waals surface area contributed by atoms with Crippen LogP contribution in [-0.4, -0.2) is 0 Å². The summed E-state index contributed by atoms with van der Waals surface area (Å²) < 4.78 is 0. The van der Waals surface area contributed by atoms with Crippen molar-refractivity contribution in [2.45, 2.75) is 13.3 Å². The van der Waals surface area contributed by atoms with Crippen molar-refractivity contribution >= 4 is 11.3 Å². The molecule has 1 rings (SSSR count). The first kappa shape index (κ1) is 8.41. The molecule has 0 unspecified atom stereocenters. The molecule has 2 heteroatoms. The molecule has 0 saturated heterocycles. The molecule has 0 bridgehead atoms. The average molecular weight is 159 g/mol. The third-order valence-corrected chi connectivity index (χ3v) is 1.56. The third-order valence-electron chi connectivity index (χ3n) is 0.908. The Bertz CT molecular complexity index is 123. The van der Waals surface area contributed by atoms with Gasteiger partial charge in [-0.2, -0.15) is 10.9 Å². The van der Waals surface area contributed by atoms with Crippen molar-refractivity contribution in [1.82, 2.24) is 0 Å². The van der Waals surface area contributed by atoms with Crippen LogP contribution < -0.4 is 0 Å². The van der Waals surface area contributed by atoms with Crippen LogP contribution in [0.1, 0.15) is 12.5 Å². The van der Waals surface area contributed by atoms with Gasteiger partial charge in [0.05, 0.1) is 0 Å². The van der Waals surface area contributed by atoms with Crippen molar-refractivity contribution in [2.75, 3.05) is 0 Å². The van der Waals surface area contributed by atoms with Crippen LogP contribution in [0.15, 0.2) is 11.4 Å². The molecule has 1 aromatic rings. The van der Waals surface area contributed by atoms with Crippen LogP contribution in [0.4, 0.5) is 0 Å². The molecule has 0 aliphatic carbocycles. The Morgan fingerprint density at radius 3 is 2.75 bits per heavy atom. The molecule has 0 nitrogen and oxygen atoms in total. The normalized spacial score (nSPS) is 8.12. The molecule has 0 N–H and O–H groups in total. The minimum atomic E-state index is 0. The number of thiophene rings is 1. The zero-order valence-electron chi connectivity index (χ0n) is 4.77. The van der Waals surface area contributed by atoms with Gasteiger partial charge in [-0.25, -0.2) is 6.07 Å². The maximum Gasteiger partial charge on any atom is 0 e. The topological polar surface area (TPSA) is 0 Å². The van der Waals surface area contributed by atoms with Crippen molar-refractivity contribution in [3.05, 3.63) is 22.4 Å². The van der Waals surface area contributed by atoms with E-state index in [1.54, 1.807) is 11.3 Å². The summed E-state index contributed by atoms with van der Waals surface area (Å²) in [5.41, 5.74) is 1.32. The summed E-state index contributed by atoms with van der Waals surface area (Å²) in [6.07, 6.45) is 1.11. The summed E-state index contributed by atoms with van der Waals surface area (Å²) in [7, 11) is 0. The Hall–Kier alpha value is 0.414. The Labute approximate surface area is 68.8 Å². The minimum Gasteiger partial charge on any atom is -0.304 e. The Morgan fingerprint density at radius 2 is 2.50 bits per heavy atom. The van der Waals surface area contributed by atoms with Gasteiger partial charge in [0.1, 0.15) is 0 Å². The first-order valence-corrected chi connectivity index (χ1v) is 3.25. The van der Waals surface area contributed by atoms with Gasteiger partial charge in [-0.05, 0) is 0 Å². The molecule has 0 aliphatic rings. The van der Waals surface area contributed by atoms with Crippen LogP contribution in [0.3, 0.4) is 0 Å². The molecule has 0 radical (unpaired) electrons. The molecule has 1 heterocycles. The average Bonchev–Trinajstić information content (AvgIpc) is 2.14. The van der Waals surface area contributed by atoms with Crippen LogP contribution in [0.25, 0.3) is 0 Å². The van der Waals surface area contributed by atoms with E-state index in [4.69, 9.17) is 0 Å². The van der Waals surface area contributed by atoms with Crippen molar-refractivity contribution in [1.29, 1.82) is 0 Å². The number of rotatable bonds is 1. The summed E-state index contributed by atoms with van der Waals surface area (Å²) in [6.45, 7) is 2.14. The zero-order chi connectivity index (χ0) is 5.11. The van der Waals surface area contributed by atoms with Gasteiger partial charge in [0.25, 0.3) is 0 Å². The molecule has 0 saturated carbocycles. The molecule has 0 aromatic carbocycles. The summed E-state index contributed by atoms with van der Waals surface area (Å²) in [4.78, 5) is 0. The van der Waals surface area contributed by atoms with Crippen LogP contribution in [0, 0.1) is 5.38 Å². The standard InChI is InChI=1S/C6H7S.Ti/c1-2-6-3-4-7-5-6;/h3-4H,2H2,1H3;/q-1;. The number of hydrogen-bond acceptors (Lipinski definition) is 1. The number of hydrogen-bond donors (Lipinski definition) is 0. The van der Waals surface area contributed by atoms with Crippen LogP contribution in [-0.2, 0) is 28.1 Å². The quantitative estimate of drug-likeness (QED) is 0.434. The van der Waals surface area contributed by atoms with Crippen LogP contribution in [0.2, 0.25) is 0 Å². The fourth-order valence-electron chi connectivity index (χ4n) is 0.450. The SMILES string of the molecule is CCc1[c-]scc1.[Ti]. The molecule has 0 aliphatic heterocycles. The molecule has 0 atom stereocenters. The second-order valence-electron chi connectivity index (χ2n) is 1.40. The van der Waals surface area contributed by atoms with Gasteiger partial charge in [-0.3, -0.25) is 0 Å². The smallest absolute Gasteiger partial charge is 0 e. The van der Waals surface area contributed by atoms with Gasteiger partial charge >= 0.3 is 0 Å². The van der Waals surface area contributed by atoms with Crippen molar-refractivity contribution in [3.8, 4) is 0 Å². The summed E-state index contributed by atoms with van der Waals surface area (Å²) >= 11 is 1.64. The van der Waals surface area contributed by atoms with Gasteiger partial charge in [0, 0.05) is 21.7 Å². The predicted octanol–water partition coefficient (Wildman–Crippen LogP) is 2.11. The van der Waals surface area contributed by atoms with Gasteiger partial charge < -0.3 is 11.3 Å². The van der Waals surface area contributed by atoms with E-state index in [0.29, 0.717) is 0 Å². The van der Waals surface area contributed by atoms with E-state index < -0.39 is 0 Å². The Kier molecular flexibility index (Phi) is 4.53. The van der Waals surface area contributed by atoms with E-state index in [1.165, 1.54) is 5.56 Å². The van der Waals surface area contributed by atoms with Gasteiger partial charge in [0.2, 0.25) is 0 Å². The molecular formula is C6H7STi-. The molecule has 42 valence electrons. The second kappa shape index (κ2) is 4.31. The minimum absolute atomic E-state index is 0. The second-order valence-corrected chi connectivity index (χ2v) is 2.11. The van der Waals surface area contributed by atoms with E-state index in [2.05, 4.69) is 23.8 Å². The van der Waals surface area contributed by atoms with Gasteiger partial charge in [0.15, 0.2) is 0 Å². The maximum atomic E-state index is 3.13.